The Morgan fingerprint density at radius 3 is 2.32 bits per heavy atom. The zero-order valence-corrected chi connectivity index (χ0v) is 12.8. The third-order valence-corrected chi connectivity index (χ3v) is 4.92. The van der Waals surface area contributed by atoms with Crippen LogP contribution in [0.5, 0.6) is 0 Å². The van der Waals surface area contributed by atoms with E-state index in [4.69, 9.17) is 0 Å². The first-order chi connectivity index (χ1) is 8.71. The summed E-state index contributed by atoms with van der Waals surface area (Å²) in [5.41, 5.74) is 1.82. The fourth-order valence-corrected chi connectivity index (χ4v) is 2.90. The van der Waals surface area contributed by atoms with Gasteiger partial charge in [-0.05, 0) is 44.0 Å². The lowest BCUT2D eigenvalue weighted by molar-refractivity contribution is 0.0955. The Kier molecular flexibility index (Phi) is 4.70. The zero-order chi connectivity index (χ0) is 14.8. The minimum Gasteiger partial charge on any atom is -0.352 e. The molecule has 0 unspecified atom stereocenters. The first-order valence-electron chi connectivity index (χ1n) is 6.03. The maximum atomic E-state index is 12.2. The molecule has 106 valence electrons. The number of amides is 1. The van der Waals surface area contributed by atoms with Crippen molar-refractivity contribution in [1.82, 2.24) is 9.62 Å². The van der Waals surface area contributed by atoms with E-state index in [1.54, 1.807) is 19.9 Å². The van der Waals surface area contributed by atoms with Crippen LogP contribution in [0.25, 0.3) is 0 Å². The van der Waals surface area contributed by atoms with E-state index in [1.165, 1.54) is 20.2 Å². The quantitative estimate of drug-likeness (QED) is 0.906. The molecule has 0 fully saturated rings. The highest BCUT2D eigenvalue weighted by Gasteiger charge is 2.22. The van der Waals surface area contributed by atoms with Gasteiger partial charge in [-0.3, -0.25) is 4.79 Å². The lowest BCUT2D eigenvalue weighted by Crippen LogP contribution is -2.26. The molecule has 0 heterocycles. The fourth-order valence-electron chi connectivity index (χ4n) is 1.69. The normalized spacial score (nSPS) is 11.7. The van der Waals surface area contributed by atoms with Crippen LogP contribution in [0.15, 0.2) is 17.0 Å². The van der Waals surface area contributed by atoms with Crippen LogP contribution < -0.4 is 5.32 Å². The number of carbonyl (C=O) groups is 1. The zero-order valence-electron chi connectivity index (χ0n) is 11.9. The maximum absolute atomic E-state index is 12.2. The van der Waals surface area contributed by atoms with Crippen molar-refractivity contribution in [2.45, 2.75) is 25.7 Å². The number of hydrogen-bond acceptors (Lipinski definition) is 3. The van der Waals surface area contributed by atoms with Gasteiger partial charge in [0.25, 0.3) is 5.91 Å². The predicted molar refractivity (Wildman–Crippen MR) is 74.8 cm³/mol. The summed E-state index contributed by atoms with van der Waals surface area (Å²) in [5.74, 6) is -0.263. The Bertz CT molecular complexity index is 592. The Balaban J connectivity index is 3.46. The van der Waals surface area contributed by atoms with Crippen molar-refractivity contribution < 1.29 is 13.2 Å². The van der Waals surface area contributed by atoms with Crippen molar-refractivity contribution in [2.75, 3.05) is 20.6 Å². The van der Waals surface area contributed by atoms with E-state index >= 15 is 0 Å². The molecule has 1 amide bonds. The van der Waals surface area contributed by atoms with Crippen LogP contribution in [0.4, 0.5) is 0 Å². The molecule has 1 N–H and O–H groups in total. The molecule has 6 heteroatoms. The molecule has 0 aliphatic heterocycles. The third kappa shape index (κ3) is 3.13. The topological polar surface area (TPSA) is 66.5 Å². The summed E-state index contributed by atoms with van der Waals surface area (Å²) in [7, 11) is -0.598. The van der Waals surface area contributed by atoms with Crippen molar-refractivity contribution in [2.24, 2.45) is 0 Å². The molecule has 0 spiro atoms. The molecular weight excluding hydrogens is 264 g/mol. The van der Waals surface area contributed by atoms with Crippen LogP contribution in [0.1, 0.15) is 28.4 Å². The van der Waals surface area contributed by atoms with Gasteiger partial charge in [0.2, 0.25) is 10.0 Å². The van der Waals surface area contributed by atoms with Gasteiger partial charge in [-0.15, -0.1) is 0 Å². The SMILES string of the molecule is CCNC(=O)c1cc(C)c(C)c(S(=O)(=O)N(C)C)c1. The second-order valence-electron chi connectivity index (χ2n) is 4.56. The fraction of sp³-hybridized carbons (Fsp3) is 0.462. The van der Waals surface area contributed by atoms with Crippen LogP contribution in [-0.2, 0) is 10.0 Å². The summed E-state index contributed by atoms with van der Waals surface area (Å²) in [6.07, 6.45) is 0. The number of rotatable bonds is 4. The molecule has 1 rings (SSSR count). The molecule has 0 aliphatic rings. The van der Waals surface area contributed by atoms with E-state index in [1.807, 2.05) is 6.92 Å². The molecule has 5 nitrogen and oxygen atoms in total. The molecule has 19 heavy (non-hydrogen) atoms. The van der Waals surface area contributed by atoms with Crippen molar-refractivity contribution in [3.8, 4) is 0 Å². The second-order valence-corrected chi connectivity index (χ2v) is 6.68. The summed E-state index contributed by atoms with van der Waals surface area (Å²) in [4.78, 5) is 12.0. The number of nitrogens with zero attached hydrogens (tertiary/aromatic N) is 1. The Morgan fingerprint density at radius 1 is 1.26 bits per heavy atom. The summed E-state index contributed by atoms with van der Waals surface area (Å²) in [6, 6.07) is 3.14. The van der Waals surface area contributed by atoms with E-state index in [-0.39, 0.29) is 10.8 Å². The second kappa shape index (κ2) is 5.71. The molecular formula is C13H20N2O3S. The van der Waals surface area contributed by atoms with E-state index in [9.17, 15) is 13.2 Å². The minimum absolute atomic E-state index is 0.179. The van der Waals surface area contributed by atoms with Gasteiger partial charge in [0.05, 0.1) is 4.90 Å². The van der Waals surface area contributed by atoms with Crippen LogP contribution in [0.2, 0.25) is 0 Å². The van der Waals surface area contributed by atoms with E-state index < -0.39 is 10.0 Å². The molecule has 0 bridgehead atoms. The molecule has 1 aromatic rings. The number of nitrogens with one attached hydrogen (secondary N) is 1. The van der Waals surface area contributed by atoms with Crippen molar-refractivity contribution in [3.63, 3.8) is 0 Å². The van der Waals surface area contributed by atoms with Gasteiger partial charge < -0.3 is 5.32 Å². The molecule has 1 aromatic carbocycles. The number of carbonyl (C=O) groups excluding carboxylic acids is 1. The minimum atomic E-state index is -3.55. The highest BCUT2D eigenvalue weighted by molar-refractivity contribution is 7.89. The first kappa shape index (κ1) is 15.7. The Hall–Kier alpha value is -1.40. The van der Waals surface area contributed by atoms with E-state index in [2.05, 4.69) is 5.32 Å². The standard InChI is InChI=1S/C13H20N2O3S/c1-6-14-13(16)11-7-9(2)10(3)12(8-11)19(17,18)15(4)5/h7-8H,6H2,1-5H3,(H,14,16). The predicted octanol–water partition coefficient (Wildman–Crippen LogP) is 1.30. The highest BCUT2D eigenvalue weighted by Crippen LogP contribution is 2.23. The van der Waals surface area contributed by atoms with Crippen LogP contribution in [-0.4, -0.2) is 39.3 Å². The molecule has 0 aliphatic carbocycles. The molecule has 0 aromatic heterocycles. The smallest absolute Gasteiger partial charge is 0.251 e. The van der Waals surface area contributed by atoms with Crippen molar-refractivity contribution in [1.29, 1.82) is 0 Å². The summed E-state index contributed by atoms with van der Waals surface area (Å²) in [6.45, 7) is 5.86. The monoisotopic (exact) mass is 284 g/mol. The Morgan fingerprint density at radius 2 is 1.84 bits per heavy atom. The summed E-state index contributed by atoms with van der Waals surface area (Å²) >= 11 is 0. The van der Waals surface area contributed by atoms with Crippen LogP contribution in [0.3, 0.4) is 0 Å². The van der Waals surface area contributed by atoms with Crippen LogP contribution in [0, 0.1) is 13.8 Å². The maximum Gasteiger partial charge on any atom is 0.251 e. The van der Waals surface area contributed by atoms with Crippen molar-refractivity contribution in [3.05, 3.63) is 28.8 Å². The number of benzene rings is 1. The van der Waals surface area contributed by atoms with Gasteiger partial charge >= 0.3 is 0 Å². The first-order valence-corrected chi connectivity index (χ1v) is 7.47. The molecule has 0 radical (unpaired) electrons. The summed E-state index contributed by atoms with van der Waals surface area (Å²) in [5, 5.41) is 2.67. The average Bonchev–Trinajstić information content (AvgIpc) is 2.32. The molecule has 0 saturated carbocycles. The van der Waals surface area contributed by atoms with Gasteiger partial charge in [0.15, 0.2) is 0 Å². The third-order valence-electron chi connectivity index (χ3n) is 2.98. The molecule has 0 atom stereocenters. The number of sulfonamides is 1. The highest BCUT2D eigenvalue weighted by atomic mass is 32.2. The lowest BCUT2D eigenvalue weighted by atomic mass is 10.1. The van der Waals surface area contributed by atoms with Gasteiger partial charge in [0.1, 0.15) is 0 Å². The van der Waals surface area contributed by atoms with Gasteiger partial charge in [-0.25, -0.2) is 12.7 Å². The van der Waals surface area contributed by atoms with Crippen molar-refractivity contribution >= 4 is 15.9 Å². The van der Waals surface area contributed by atoms with E-state index in [0.29, 0.717) is 17.7 Å². The lowest BCUT2D eigenvalue weighted by Gasteiger charge is -2.16. The largest absolute Gasteiger partial charge is 0.352 e. The average molecular weight is 284 g/mol. The van der Waals surface area contributed by atoms with Gasteiger partial charge in [-0.2, -0.15) is 0 Å². The Labute approximate surface area is 114 Å². The summed E-state index contributed by atoms with van der Waals surface area (Å²) < 4.78 is 25.6. The van der Waals surface area contributed by atoms with Gasteiger partial charge in [-0.1, -0.05) is 0 Å². The van der Waals surface area contributed by atoms with Crippen LogP contribution >= 0.6 is 0 Å². The molecule has 0 saturated heterocycles. The number of hydrogen-bond donors (Lipinski definition) is 1. The van der Waals surface area contributed by atoms with Gasteiger partial charge in [0, 0.05) is 26.2 Å². The van der Waals surface area contributed by atoms with E-state index in [0.717, 1.165) is 9.87 Å². The number of aryl methyl sites for hydroxylation is 1.